The van der Waals surface area contributed by atoms with Gasteiger partial charge in [-0.15, -0.1) is 0 Å². The molecule has 0 spiro atoms. The van der Waals surface area contributed by atoms with Crippen LogP contribution in [-0.4, -0.2) is 9.35 Å². The Labute approximate surface area is 48.9 Å². The van der Waals surface area contributed by atoms with Crippen LogP contribution >= 0.6 is 14.7 Å². The molecule has 0 fully saturated rings. The molecule has 0 bridgehead atoms. The maximum absolute atomic E-state index is 9.86. The van der Waals surface area contributed by atoms with Gasteiger partial charge in [0.25, 0.3) is 0 Å². The summed E-state index contributed by atoms with van der Waals surface area (Å²) in [6.07, 6.45) is 0. The van der Waals surface area contributed by atoms with E-state index in [2.05, 4.69) is 14.7 Å². The summed E-state index contributed by atoms with van der Waals surface area (Å²) >= 11 is -2.55. The van der Waals surface area contributed by atoms with Gasteiger partial charge in [-0.1, -0.05) is 0 Å². The van der Waals surface area contributed by atoms with Crippen molar-refractivity contribution in [3.05, 3.63) is 0 Å². The van der Waals surface area contributed by atoms with Crippen LogP contribution in [0, 0.1) is 0 Å². The molecule has 2 unspecified atom stereocenters. The second-order valence-electron chi connectivity index (χ2n) is 0.782. The van der Waals surface area contributed by atoms with Gasteiger partial charge in [-0.2, -0.15) is 0 Å². The van der Waals surface area contributed by atoms with Crippen molar-refractivity contribution in [3.63, 3.8) is 0 Å². The van der Waals surface area contributed by atoms with Crippen LogP contribution < -0.4 is 0 Å². The quantitative estimate of drug-likeness (QED) is 0.534. The normalized spacial score (nSPS) is 12.9. The zero-order valence-corrected chi connectivity index (χ0v) is 8.02. The van der Waals surface area contributed by atoms with Crippen molar-refractivity contribution >= 4 is 24.0 Å². The molecule has 0 aromatic rings. The van der Waals surface area contributed by atoms with Crippen LogP contribution in [0.1, 0.15) is 0 Å². The number of carbonyl (C=O) groups excluding carboxylic acids is 2. The van der Waals surface area contributed by atoms with Crippen molar-refractivity contribution < 1.29 is 24.6 Å². The summed E-state index contributed by atoms with van der Waals surface area (Å²) in [5.41, 5.74) is 0. The Morgan fingerprint density at radius 2 is 1.43 bits per heavy atom. The first-order chi connectivity index (χ1) is 3.12. The first kappa shape index (κ1) is 7.89. The van der Waals surface area contributed by atoms with Crippen molar-refractivity contribution in [1.82, 2.24) is 0 Å². The molecule has 0 saturated carbocycles. The first-order valence-corrected chi connectivity index (χ1v) is 12.4. The summed E-state index contributed by atoms with van der Waals surface area (Å²) in [5.74, 6) is 0. The molecule has 0 radical (unpaired) electrons. The van der Waals surface area contributed by atoms with Gasteiger partial charge in [0.15, 0.2) is 0 Å². The van der Waals surface area contributed by atoms with E-state index in [9.17, 15) is 9.59 Å². The maximum atomic E-state index is 9.86. The van der Waals surface area contributed by atoms with E-state index >= 15 is 0 Å². The monoisotopic (exact) mass is 319 g/mol. The molecule has 2 atom stereocenters. The van der Waals surface area contributed by atoms with E-state index in [4.69, 9.17) is 0 Å². The predicted octanol–water partition coefficient (Wildman–Crippen LogP) is 0.101. The molecule has 0 rings (SSSR count). The average Bonchev–Trinajstić information content (AvgIpc) is 1.68. The number of rotatable bonds is 2. The summed E-state index contributed by atoms with van der Waals surface area (Å²) in [6, 6.07) is 0. The van der Waals surface area contributed by atoms with Gasteiger partial charge >= 0.3 is 48.6 Å². The Kier molecular flexibility index (Phi) is 3.41. The third-order valence-corrected chi connectivity index (χ3v) is 4.93. The Morgan fingerprint density at radius 1 is 1.14 bits per heavy atom. The molecule has 5 heteroatoms. The van der Waals surface area contributed by atoms with Gasteiger partial charge < -0.3 is 0 Å². The first-order valence-electron chi connectivity index (χ1n) is 1.20. The molecule has 0 N–H and O–H groups in total. The number of carbonyl (C=O) groups is 2. The Morgan fingerprint density at radius 3 is 1.43 bits per heavy atom. The molecule has 0 aliphatic rings. The molecule has 0 heterocycles. The van der Waals surface area contributed by atoms with Crippen LogP contribution in [0.2, 0.25) is 0 Å². The fourth-order valence-corrected chi connectivity index (χ4v) is 0.144. The van der Waals surface area contributed by atoms with Gasteiger partial charge in [0, 0.05) is 0 Å². The minimum absolute atomic E-state index is 0.731. The summed E-state index contributed by atoms with van der Waals surface area (Å²) in [7, 11) is 4.55. The van der Waals surface area contributed by atoms with Crippen LogP contribution in [0.15, 0.2) is 0 Å². The van der Waals surface area contributed by atoms with Gasteiger partial charge in [0.05, 0.1) is 0 Å². The molecule has 0 aromatic carbocycles. The van der Waals surface area contributed by atoms with Gasteiger partial charge in [0.2, 0.25) is 0 Å². The van der Waals surface area contributed by atoms with Crippen LogP contribution in [0.3, 0.4) is 0 Å². The molecular weight excluding hydrogens is 313 g/mol. The van der Waals surface area contributed by atoms with E-state index in [1.54, 1.807) is 0 Å². The Balaban J connectivity index is 3.82. The standard InChI is InChI=1S/2CHO.2H2P.Pt/c2*1-2;;;/h2*1H;2*1H2;/q;;2*-1;+2. The van der Waals surface area contributed by atoms with E-state index in [1.807, 2.05) is 0 Å². The molecule has 0 saturated heterocycles. The Bertz CT molecular complexity index is 81.7. The fraction of sp³-hybridized carbons (Fsp3) is 0. The van der Waals surface area contributed by atoms with E-state index in [1.165, 1.54) is 0 Å². The van der Waals surface area contributed by atoms with Crippen molar-refractivity contribution in [2.24, 2.45) is 0 Å². The van der Waals surface area contributed by atoms with Crippen molar-refractivity contribution in [2.75, 3.05) is 0 Å². The number of hydrogen-bond acceptors (Lipinski definition) is 2. The molecule has 0 aliphatic carbocycles. The molecular formula is C2H6O2P2Pt. The molecule has 46 valence electrons. The van der Waals surface area contributed by atoms with E-state index < -0.39 is 15.0 Å². The van der Waals surface area contributed by atoms with Gasteiger partial charge in [0.1, 0.15) is 0 Å². The summed E-state index contributed by atoms with van der Waals surface area (Å²) in [4.78, 5) is 19.7. The second kappa shape index (κ2) is 3.02. The van der Waals surface area contributed by atoms with Gasteiger partial charge in [-0.3, -0.25) is 0 Å². The van der Waals surface area contributed by atoms with Crippen molar-refractivity contribution in [1.29, 1.82) is 0 Å². The number of hydrogen-bond donors (Lipinski definition) is 0. The topological polar surface area (TPSA) is 34.1 Å². The zero-order chi connectivity index (χ0) is 5.91. The third-order valence-electron chi connectivity index (χ3n) is 0.258. The Hall–Kier alpha value is 0.888. The summed E-state index contributed by atoms with van der Waals surface area (Å²) < 4.78 is 1.46. The van der Waals surface area contributed by atoms with E-state index in [-0.39, 0.29) is 0 Å². The van der Waals surface area contributed by atoms with Crippen LogP contribution in [-0.2, 0) is 24.6 Å². The van der Waals surface area contributed by atoms with Crippen molar-refractivity contribution in [2.45, 2.75) is 0 Å². The second-order valence-corrected chi connectivity index (χ2v) is 20.2. The third kappa shape index (κ3) is 3.47. The molecule has 2 nitrogen and oxygen atoms in total. The van der Waals surface area contributed by atoms with Crippen LogP contribution in [0.4, 0.5) is 0 Å². The minimum atomic E-state index is -2.55. The van der Waals surface area contributed by atoms with Crippen LogP contribution in [0.5, 0.6) is 0 Å². The van der Waals surface area contributed by atoms with Crippen LogP contribution in [0.25, 0.3) is 0 Å². The van der Waals surface area contributed by atoms with E-state index in [0.717, 1.165) is 9.35 Å². The van der Waals surface area contributed by atoms with Gasteiger partial charge in [-0.05, 0) is 0 Å². The molecule has 0 aromatic heterocycles. The van der Waals surface area contributed by atoms with Gasteiger partial charge in [-0.25, -0.2) is 0 Å². The SMILES string of the molecule is O=[CH][Pt]([PH2])([PH2])[CH]=O. The zero-order valence-electron chi connectivity index (χ0n) is 3.44. The summed E-state index contributed by atoms with van der Waals surface area (Å²) in [6.45, 7) is 0. The summed E-state index contributed by atoms with van der Waals surface area (Å²) in [5, 5.41) is 0. The van der Waals surface area contributed by atoms with E-state index in [0.29, 0.717) is 0 Å². The molecule has 0 aliphatic heterocycles. The average molecular weight is 319 g/mol. The predicted molar refractivity (Wildman–Crippen MR) is 32.9 cm³/mol. The molecule has 0 amide bonds. The fourth-order valence-electron chi connectivity index (χ4n) is 0.0176. The molecule has 7 heavy (non-hydrogen) atoms. The van der Waals surface area contributed by atoms with Crippen molar-refractivity contribution in [3.8, 4) is 0 Å².